The first kappa shape index (κ1) is 30.4. The van der Waals surface area contributed by atoms with Crippen LogP contribution in [0, 0.1) is 52.3 Å². The van der Waals surface area contributed by atoms with E-state index in [4.69, 9.17) is 0 Å². The standard InChI is InChI=1S/C35H42O7/c1-17(2)22-14-21(13-12-20-10-8-9-11-20)28(37)25-23(22)15-33(6)16-34(7)26(18(3)4)29(38)24(19(5)36)31(40)35(34,42)32(41)27(33)30(25)39/h14,17-18,20,24,26-27,37,42H,8-11,15-16H2,1-7H3/t24?,26?,27?,33-,34-,35+/m1/s1. The van der Waals surface area contributed by atoms with Crippen LogP contribution in [-0.2, 0) is 25.6 Å². The van der Waals surface area contributed by atoms with Crippen LogP contribution in [0.2, 0.25) is 0 Å². The average Bonchev–Trinajstić information content (AvgIpc) is 3.39. The Bertz CT molecular complexity index is 1480. The summed E-state index contributed by atoms with van der Waals surface area (Å²) < 4.78 is 0. The maximum absolute atomic E-state index is 14.5. The van der Waals surface area contributed by atoms with Gasteiger partial charge in [0.15, 0.2) is 28.7 Å². The Kier molecular flexibility index (Phi) is 7.21. The van der Waals surface area contributed by atoms with E-state index in [1.54, 1.807) is 27.7 Å². The molecule has 0 spiro atoms. The molecule has 3 unspecified atom stereocenters. The predicted octanol–water partition coefficient (Wildman–Crippen LogP) is 4.76. The number of phenolic OH excluding ortho intramolecular Hbond substituents is 1. The normalized spacial score (nSPS) is 34.7. The van der Waals surface area contributed by atoms with Gasteiger partial charge in [-0.05, 0) is 67.1 Å². The van der Waals surface area contributed by atoms with Gasteiger partial charge in [0.05, 0.1) is 17.0 Å². The third kappa shape index (κ3) is 4.01. The molecule has 3 saturated carbocycles. The van der Waals surface area contributed by atoms with Gasteiger partial charge in [-0.3, -0.25) is 24.0 Å². The van der Waals surface area contributed by atoms with E-state index in [1.807, 2.05) is 19.9 Å². The topological polar surface area (TPSA) is 126 Å². The molecule has 224 valence electrons. The van der Waals surface area contributed by atoms with E-state index in [0.717, 1.165) is 38.2 Å². The Hall–Kier alpha value is -3.11. The molecule has 0 amide bonds. The molecule has 5 rings (SSSR count). The Labute approximate surface area is 247 Å². The van der Waals surface area contributed by atoms with Crippen LogP contribution < -0.4 is 0 Å². The molecule has 2 N–H and O–H groups in total. The molecule has 42 heavy (non-hydrogen) atoms. The van der Waals surface area contributed by atoms with Gasteiger partial charge in [-0.2, -0.15) is 0 Å². The van der Waals surface area contributed by atoms with Crippen LogP contribution in [0.5, 0.6) is 5.75 Å². The second-order valence-corrected chi connectivity index (χ2v) is 14.4. The Morgan fingerprint density at radius 3 is 2.19 bits per heavy atom. The van der Waals surface area contributed by atoms with Crippen molar-refractivity contribution in [3.05, 3.63) is 28.3 Å². The quantitative estimate of drug-likeness (QED) is 0.394. The minimum Gasteiger partial charge on any atom is -0.506 e. The number of Topliss-reactive ketones (excluding diaryl/α,β-unsaturated/α-hetero) is 5. The number of rotatable bonds is 3. The Morgan fingerprint density at radius 1 is 1.02 bits per heavy atom. The van der Waals surface area contributed by atoms with Crippen LogP contribution in [0.3, 0.4) is 0 Å². The van der Waals surface area contributed by atoms with Crippen molar-refractivity contribution in [2.24, 2.45) is 40.4 Å². The van der Waals surface area contributed by atoms with Crippen LogP contribution >= 0.6 is 0 Å². The van der Waals surface area contributed by atoms with Gasteiger partial charge in [-0.1, -0.05) is 66.2 Å². The number of phenols is 1. The summed E-state index contributed by atoms with van der Waals surface area (Å²) >= 11 is 0. The summed E-state index contributed by atoms with van der Waals surface area (Å²) in [5, 5.41) is 23.7. The molecular weight excluding hydrogens is 532 g/mol. The zero-order chi connectivity index (χ0) is 31.1. The van der Waals surface area contributed by atoms with Crippen molar-refractivity contribution in [3.8, 4) is 17.6 Å². The van der Waals surface area contributed by atoms with E-state index in [9.17, 15) is 34.2 Å². The lowest BCUT2D eigenvalue weighted by Gasteiger charge is -2.62. The molecule has 0 saturated heterocycles. The van der Waals surface area contributed by atoms with Crippen LogP contribution in [0.4, 0.5) is 0 Å². The van der Waals surface area contributed by atoms with Gasteiger partial charge in [-0.25, -0.2) is 0 Å². The SMILES string of the molecule is CC(=O)C1C(=O)C(C(C)C)[C@@]2(C)C[C@@]3(C)Cc4c(C(C)C)cc(C#CC5CCCC5)c(O)c4C(=O)C3C(=O)[C@@]2(O)C1=O. The van der Waals surface area contributed by atoms with E-state index in [2.05, 4.69) is 11.8 Å². The number of carbonyl (C=O) groups is 5. The van der Waals surface area contributed by atoms with Crippen LogP contribution in [0.1, 0.15) is 114 Å². The summed E-state index contributed by atoms with van der Waals surface area (Å²) in [6.45, 7) is 12.1. The maximum atomic E-state index is 14.5. The lowest BCUT2D eigenvalue weighted by Crippen LogP contribution is -2.76. The van der Waals surface area contributed by atoms with Gasteiger partial charge in [0.25, 0.3) is 0 Å². The molecule has 6 atom stereocenters. The third-order valence-corrected chi connectivity index (χ3v) is 10.8. The zero-order valence-electron chi connectivity index (χ0n) is 25.7. The first-order valence-corrected chi connectivity index (χ1v) is 15.3. The maximum Gasteiger partial charge on any atom is 0.190 e. The molecule has 0 radical (unpaired) electrons. The average molecular weight is 575 g/mol. The van der Waals surface area contributed by atoms with Crippen molar-refractivity contribution in [1.82, 2.24) is 0 Å². The number of aliphatic hydroxyl groups is 1. The second-order valence-electron chi connectivity index (χ2n) is 14.4. The number of hydrogen-bond donors (Lipinski definition) is 2. The van der Waals surface area contributed by atoms with Crippen molar-refractivity contribution < 1.29 is 34.2 Å². The van der Waals surface area contributed by atoms with Crippen LogP contribution in [0.25, 0.3) is 0 Å². The molecule has 4 aliphatic carbocycles. The predicted molar refractivity (Wildman–Crippen MR) is 156 cm³/mol. The van der Waals surface area contributed by atoms with Gasteiger partial charge in [0.1, 0.15) is 17.5 Å². The molecule has 7 heteroatoms. The highest BCUT2D eigenvalue weighted by molar-refractivity contribution is 6.32. The van der Waals surface area contributed by atoms with Crippen LogP contribution in [0.15, 0.2) is 6.07 Å². The summed E-state index contributed by atoms with van der Waals surface area (Å²) in [5.41, 5.74) is -3.37. The second kappa shape index (κ2) is 9.98. The highest BCUT2D eigenvalue weighted by atomic mass is 16.3. The van der Waals surface area contributed by atoms with Crippen molar-refractivity contribution in [3.63, 3.8) is 0 Å². The highest BCUT2D eigenvalue weighted by Gasteiger charge is 2.76. The van der Waals surface area contributed by atoms with E-state index in [-0.39, 0.29) is 41.9 Å². The molecule has 0 aromatic heterocycles. The summed E-state index contributed by atoms with van der Waals surface area (Å²) in [5.74, 6) is -2.24. The lowest BCUT2D eigenvalue weighted by atomic mass is 9.39. The summed E-state index contributed by atoms with van der Waals surface area (Å²) in [6, 6.07) is 1.85. The lowest BCUT2D eigenvalue weighted by molar-refractivity contribution is -0.205. The first-order valence-electron chi connectivity index (χ1n) is 15.3. The fourth-order valence-electron chi connectivity index (χ4n) is 9.09. The largest absolute Gasteiger partial charge is 0.506 e. The number of hydrogen-bond acceptors (Lipinski definition) is 7. The van der Waals surface area contributed by atoms with Gasteiger partial charge >= 0.3 is 0 Å². The van der Waals surface area contributed by atoms with Gasteiger partial charge in [0.2, 0.25) is 0 Å². The number of ketones is 5. The molecule has 1 aromatic carbocycles. The number of benzene rings is 1. The Morgan fingerprint density at radius 2 is 1.64 bits per heavy atom. The van der Waals surface area contributed by atoms with E-state index in [1.165, 1.54) is 0 Å². The van der Waals surface area contributed by atoms with E-state index in [0.29, 0.717) is 11.1 Å². The van der Waals surface area contributed by atoms with Gasteiger partial charge < -0.3 is 10.2 Å². The number of aromatic hydroxyl groups is 1. The zero-order valence-corrected chi connectivity index (χ0v) is 25.7. The molecule has 1 aromatic rings. The van der Waals surface area contributed by atoms with E-state index < -0.39 is 63.1 Å². The van der Waals surface area contributed by atoms with E-state index >= 15 is 0 Å². The third-order valence-electron chi connectivity index (χ3n) is 10.8. The van der Waals surface area contributed by atoms with Crippen molar-refractivity contribution >= 4 is 28.9 Å². The molecule has 0 heterocycles. The first-order chi connectivity index (χ1) is 19.5. The minimum absolute atomic E-state index is 0.0104. The van der Waals surface area contributed by atoms with Gasteiger partial charge in [-0.15, -0.1) is 0 Å². The summed E-state index contributed by atoms with van der Waals surface area (Å²) in [4.78, 5) is 68.9. The summed E-state index contributed by atoms with van der Waals surface area (Å²) in [6.07, 6.45) is 4.51. The molecule has 7 nitrogen and oxygen atoms in total. The highest BCUT2D eigenvalue weighted by Crippen LogP contribution is 2.64. The minimum atomic E-state index is -2.69. The Balaban J connectivity index is 1.71. The van der Waals surface area contributed by atoms with Crippen molar-refractivity contribution in [2.75, 3.05) is 0 Å². The molecule has 4 aliphatic rings. The summed E-state index contributed by atoms with van der Waals surface area (Å²) in [7, 11) is 0. The van der Waals surface area contributed by atoms with Crippen LogP contribution in [-0.4, -0.2) is 44.7 Å². The smallest absolute Gasteiger partial charge is 0.190 e. The molecule has 0 aliphatic heterocycles. The van der Waals surface area contributed by atoms with Crippen molar-refractivity contribution in [1.29, 1.82) is 0 Å². The number of fused-ring (bicyclic) bond motifs is 3. The number of carbonyl (C=O) groups excluding carboxylic acids is 5. The molecule has 0 bridgehead atoms. The van der Waals surface area contributed by atoms with Crippen molar-refractivity contribution in [2.45, 2.75) is 98.5 Å². The molecular formula is C35H42O7. The monoisotopic (exact) mass is 574 g/mol. The fraction of sp³-hybridized carbons (Fsp3) is 0.629. The fourth-order valence-corrected chi connectivity index (χ4v) is 9.09. The van der Waals surface area contributed by atoms with Gasteiger partial charge in [0, 0.05) is 17.3 Å². The molecule has 3 fully saturated rings.